The van der Waals surface area contributed by atoms with Crippen LogP contribution in [0.25, 0.3) is 0 Å². The van der Waals surface area contributed by atoms with Crippen molar-refractivity contribution in [3.8, 4) is 0 Å². The Morgan fingerprint density at radius 3 is 2.00 bits per heavy atom. The van der Waals surface area contributed by atoms with Crippen molar-refractivity contribution in [2.45, 2.75) is 20.8 Å². The number of nitrogens with zero attached hydrogens (tertiary/aromatic N) is 1. The first-order valence-electron chi connectivity index (χ1n) is 2.56. The molecule has 0 aliphatic carbocycles. The Kier molecular flexibility index (Phi) is 2.84. The maximum absolute atomic E-state index is 10.7. The Balaban J connectivity index is 4.22. The maximum atomic E-state index is 10.7. The van der Waals surface area contributed by atoms with E-state index in [4.69, 9.17) is 0 Å². The van der Waals surface area contributed by atoms with Crippen LogP contribution >= 0.6 is 0 Å². The highest BCUT2D eigenvalue weighted by Gasteiger charge is 2.17. The minimum Gasteiger partial charge on any atom is -0.447 e. The van der Waals surface area contributed by atoms with E-state index in [1.807, 2.05) is 0 Å². The summed E-state index contributed by atoms with van der Waals surface area (Å²) in [6, 6.07) is 0. The molecule has 0 saturated heterocycles. The van der Waals surface area contributed by atoms with Gasteiger partial charge in [-0.1, -0.05) is 20.8 Å². The molecule has 0 aromatic heterocycles. The number of carbonyl (C=O) groups is 1. The topological polar surface area (TPSA) is 46.5 Å². The molecule has 0 aromatic rings. The van der Waals surface area contributed by atoms with Crippen LogP contribution in [0.1, 0.15) is 20.8 Å². The molecule has 0 fully saturated rings. The lowest BCUT2D eigenvalue weighted by atomic mass is 9.96. The van der Waals surface area contributed by atoms with Crippen molar-refractivity contribution in [1.29, 1.82) is 0 Å². The maximum Gasteiger partial charge on any atom is 0.227 e. The van der Waals surface area contributed by atoms with Gasteiger partial charge in [-0.2, -0.15) is 11.5 Å². The summed E-state index contributed by atoms with van der Waals surface area (Å²) >= 11 is -0.450. The Bertz CT molecular complexity index is 164. The first-order valence-corrected chi connectivity index (χ1v) is 3.33. The molecule has 0 N–H and O–H groups in total. The Morgan fingerprint density at radius 1 is 1.44 bits per heavy atom. The van der Waals surface area contributed by atoms with E-state index in [1.54, 1.807) is 20.8 Å². The Labute approximate surface area is 57.7 Å². The van der Waals surface area contributed by atoms with E-state index in [0.29, 0.717) is 0 Å². The van der Waals surface area contributed by atoms with Crippen molar-refractivity contribution >= 4 is 17.4 Å². The molecule has 0 heterocycles. The van der Waals surface area contributed by atoms with Crippen LogP contribution in [0.4, 0.5) is 0 Å². The number of amides is 1. The number of carbonyl (C=O) groups excluding carboxylic acids is 1. The molecule has 0 unspecified atom stereocenters. The van der Waals surface area contributed by atoms with Crippen molar-refractivity contribution in [2.24, 2.45) is 9.78 Å². The summed E-state index contributed by atoms with van der Waals surface area (Å²) < 4.78 is 12.9. The second-order valence-electron chi connectivity index (χ2n) is 2.74. The molecule has 0 saturated carbocycles. The molecule has 0 aromatic carbocycles. The largest absolute Gasteiger partial charge is 0.447 e. The third-order valence-corrected chi connectivity index (χ3v) is 1.04. The van der Waals surface area contributed by atoms with E-state index in [1.165, 1.54) is 0 Å². The summed E-state index contributed by atoms with van der Waals surface area (Å²) in [5.41, 5.74) is -0.503. The lowest BCUT2D eigenvalue weighted by Crippen LogP contribution is -2.16. The van der Waals surface area contributed by atoms with E-state index >= 15 is 0 Å². The van der Waals surface area contributed by atoms with Crippen molar-refractivity contribution < 1.29 is 9.00 Å². The van der Waals surface area contributed by atoms with Gasteiger partial charge in [0.05, 0.1) is 0 Å². The molecule has 9 heavy (non-hydrogen) atoms. The molecule has 0 rings (SSSR count). The number of thiol groups is 1. The van der Waals surface area contributed by atoms with Crippen LogP contribution < -0.4 is 0 Å². The zero-order valence-electron chi connectivity index (χ0n) is 5.71. The van der Waals surface area contributed by atoms with Gasteiger partial charge in [0.2, 0.25) is 5.91 Å². The number of rotatable bonds is 0. The van der Waals surface area contributed by atoms with E-state index < -0.39 is 16.9 Å². The fourth-order valence-corrected chi connectivity index (χ4v) is 0.561. The summed E-state index contributed by atoms with van der Waals surface area (Å²) in [5.74, 6) is -0.334. The average Bonchev–Trinajstić information content (AvgIpc) is 1.64. The molecule has 0 bridgehead atoms. The Morgan fingerprint density at radius 2 is 1.89 bits per heavy atom. The van der Waals surface area contributed by atoms with E-state index in [-0.39, 0.29) is 5.91 Å². The van der Waals surface area contributed by atoms with Crippen molar-refractivity contribution in [3.63, 3.8) is 0 Å². The molecule has 1 amide bonds. The van der Waals surface area contributed by atoms with E-state index in [2.05, 4.69) is 4.36 Å². The van der Waals surface area contributed by atoms with Crippen LogP contribution in [0.5, 0.6) is 0 Å². The minimum absolute atomic E-state index is 0.334. The van der Waals surface area contributed by atoms with Crippen LogP contribution in [0.2, 0.25) is 0 Å². The highest BCUT2D eigenvalue weighted by atomic mass is 32.1. The summed E-state index contributed by atoms with van der Waals surface area (Å²) in [4.78, 5) is 10.7. The third-order valence-electron chi connectivity index (χ3n) is 0.773. The molecule has 0 spiro atoms. The Hall–Kier alpha value is -0.380. The van der Waals surface area contributed by atoms with Gasteiger partial charge in [-0.05, 0) is 0 Å². The minimum atomic E-state index is -0.503. The zero-order chi connectivity index (χ0) is 7.49. The van der Waals surface area contributed by atoms with Crippen molar-refractivity contribution in [2.75, 3.05) is 0 Å². The quantitative estimate of drug-likeness (QED) is 0.378. The first kappa shape index (κ1) is 8.62. The van der Waals surface area contributed by atoms with Gasteiger partial charge in [0, 0.05) is 5.41 Å². The second kappa shape index (κ2) is 2.96. The third kappa shape index (κ3) is 3.24. The predicted molar refractivity (Wildman–Crippen MR) is 36.3 cm³/mol. The molecule has 0 aliphatic rings. The fraction of sp³-hybridized carbons (Fsp3) is 0.800. The van der Waals surface area contributed by atoms with Gasteiger partial charge in [0.15, 0.2) is 0 Å². The smallest absolute Gasteiger partial charge is 0.227 e. The SMILES string of the molecule is CC(C)(C)C(=O)N=[SH-]=O. The van der Waals surface area contributed by atoms with Gasteiger partial charge in [-0.3, -0.25) is 4.79 Å². The van der Waals surface area contributed by atoms with Crippen molar-refractivity contribution in [1.82, 2.24) is 0 Å². The monoisotopic (exact) mass is 148 g/mol. The molecular weight excluding hydrogens is 138 g/mol. The second-order valence-corrected chi connectivity index (χ2v) is 3.10. The van der Waals surface area contributed by atoms with Gasteiger partial charge in [-0.25, -0.2) is 0 Å². The molecule has 0 aliphatic heterocycles. The average molecular weight is 148 g/mol. The number of hydrogen-bond donors (Lipinski definition) is 0. The molecule has 54 valence electrons. The predicted octanol–water partition coefficient (Wildman–Crippen LogP) is 0.903. The van der Waals surface area contributed by atoms with Gasteiger partial charge < -0.3 is 8.57 Å². The van der Waals surface area contributed by atoms with Gasteiger partial charge in [0.25, 0.3) is 0 Å². The van der Waals surface area contributed by atoms with Gasteiger partial charge >= 0.3 is 0 Å². The highest BCUT2D eigenvalue weighted by molar-refractivity contribution is 7.55. The van der Waals surface area contributed by atoms with E-state index in [0.717, 1.165) is 0 Å². The number of hydrogen-bond acceptors (Lipinski definition) is 3. The summed E-state index contributed by atoms with van der Waals surface area (Å²) in [6.45, 7) is 5.18. The molecule has 3 nitrogen and oxygen atoms in total. The van der Waals surface area contributed by atoms with Crippen LogP contribution in [0, 0.1) is 5.41 Å². The lowest BCUT2D eigenvalue weighted by Gasteiger charge is -2.12. The van der Waals surface area contributed by atoms with Crippen LogP contribution in [0.15, 0.2) is 4.36 Å². The summed E-state index contributed by atoms with van der Waals surface area (Å²) in [7, 11) is 0. The molecular formula is C5H10NO2S-. The molecule has 0 atom stereocenters. The van der Waals surface area contributed by atoms with Gasteiger partial charge in [0.1, 0.15) is 0 Å². The fourth-order valence-electron chi connectivity index (χ4n) is 0.187. The normalized spacial score (nSPS) is 11.0. The van der Waals surface area contributed by atoms with E-state index in [9.17, 15) is 9.00 Å². The van der Waals surface area contributed by atoms with Crippen molar-refractivity contribution in [3.05, 3.63) is 0 Å². The summed E-state index contributed by atoms with van der Waals surface area (Å²) in [6.07, 6.45) is 0. The van der Waals surface area contributed by atoms with Crippen LogP contribution in [-0.2, 0) is 20.5 Å². The molecule has 0 radical (unpaired) electrons. The first-order chi connectivity index (χ1) is 3.98. The lowest BCUT2D eigenvalue weighted by molar-refractivity contribution is -0.124. The zero-order valence-corrected chi connectivity index (χ0v) is 6.61. The van der Waals surface area contributed by atoms with Gasteiger partial charge in [-0.15, -0.1) is 0 Å². The van der Waals surface area contributed by atoms with Crippen LogP contribution in [-0.4, -0.2) is 5.91 Å². The standard InChI is InChI=1S/C5H10NO2S/c1-5(2,3)4(7)6-9-8/h9H,1-3H3/q-1. The van der Waals surface area contributed by atoms with Crippen LogP contribution in [0.3, 0.4) is 0 Å². The molecule has 4 heteroatoms. The summed E-state index contributed by atoms with van der Waals surface area (Å²) in [5, 5.41) is 0. The highest BCUT2D eigenvalue weighted by Crippen LogP contribution is 2.14.